The summed E-state index contributed by atoms with van der Waals surface area (Å²) in [6.07, 6.45) is 0.173. The molecule has 0 radical (unpaired) electrons. The quantitative estimate of drug-likeness (QED) is 0.786. The number of carbonyl (C=O) groups excluding carboxylic acids is 2. The van der Waals surface area contributed by atoms with Crippen LogP contribution in [-0.4, -0.2) is 32.1 Å². The van der Waals surface area contributed by atoms with Crippen molar-refractivity contribution in [2.24, 2.45) is 0 Å². The van der Waals surface area contributed by atoms with Crippen molar-refractivity contribution in [2.45, 2.75) is 20.3 Å². The fraction of sp³-hybridized carbons (Fsp3) is 0.300. The highest BCUT2D eigenvalue weighted by atomic mass is 16.5. The van der Waals surface area contributed by atoms with Crippen molar-refractivity contribution in [2.75, 3.05) is 30.5 Å². The summed E-state index contributed by atoms with van der Waals surface area (Å²) in [4.78, 5) is 25.8. The van der Waals surface area contributed by atoms with Gasteiger partial charge in [0.15, 0.2) is 0 Å². The molecule has 1 N–H and O–H groups in total. The van der Waals surface area contributed by atoms with Crippen LogP contribution in [-0.2, 0) is 9.59 Å². The molecule has 0 aliphatic heterocycles. The molecule has 0 aromatic heterocycles. The first-order valence-corrected chi connectivity index (χ1v) is 8.49. The van der Waals surface area contributed by atoms with Crippen LogP contribution in [0.1, 0.15) is 20.3 Å². The molecule has 2 aromatic rings. The Labute approximate surface area is 153 Å². The lowest BCUT2D eigenvalue weighted by Crippen LogP contribution is -2.32. The number of ether oxygens (including phenoxy) is 2. The first-order valence-electron chi connectivity index (χ1n) is 8.49. The zero-order valence-electron chi connectivity index (χ0n) is 15.3. The lowest BCUT2D eigenvalue weighted by atomic mass is 10.2. The highest BCUT2D eigenvalue weighted by Crippen LogP contribution is 2.28. The van der Waals surface area contributed by atoms with E-state index in [9.17, 15) is 9.59 Å². The third kappa shape index (κ3) is 5.24. The normalized spacial score (nSPS) is 10.1. The Bertz CT molecular complexity index is 744. The van der Waals surface area contributed by atoms with Crippen molar-refractivity contribution < 1.29 is 19.1 Å². The number of benzene rings is 2. The van der Waals surface area contributed by atoms with Crippen molar-refractivity contribution in [3.05, 3.63) is 48.5 Å². The van der Waals surface area contributed by atoms with Gasteiger partial charge in [0.05, 0.1) is 19.4 Å². The minimum atomic E-state index is -0.171. The van der Waals surface area contributed by atoms with Crippen molar-refractivity contribution in [1.82, 2.24) is 0 Å². The van der Waals surface area contributed by atoms with Gasteiger partial charge in [-0.15, -0.1) is 0 Å². The summed E-state index contributed by atoms with van der Waals surface area (Å²) in [5, 5.41) is 2.82. The van der Waals surface area contributed by atoms with Gasteiger partial charge in [0.2, 0.25) is 11.8 Å². The minimum absolute atomic E-state index is 0.144. The number of nitrogens with zero attached hydrogens (tertiary/aromatic N) is 1. The molecule has 0 unspecified atom stereocenters. The lowest BCUT2D eigenvalue weighted by Gasteiger charge is -2.23. The molecular weight excluding hydrogens is 332 g/mol. The Morgan fingerprint density at radius 3 is 2.38 bits per heavy atom. The first kappa shape index (κ1) is 19.3. The number of hydrogen-bond donors (Lipinski definition) is 1. The largest absolute Gasteiger partial charge is 0.497 e. The van der Waals surface area contributed by atoms with Crippen LogP contribution in [0.3, 0.4) is 0 Å². The third-order valence-corrected chi connectivity index (χ3v) is 3.77. The summed E-state index contributed by atoms with van der Waals surface area (Å²) in [5.41, 5.74) is 1.35. The van der Waals surface area contributed by atoms with Crippen molar-refractivity contribution >= 4 is 23.2 Å². The molecule has 0 aliphatic rings. The number of nitrogens with one attached hydrogen (secondary N) is 1. The molecule has 138 valence electrons. The second-order valence-electron chi connectivity index (χ2n) is 5.60. The molecule has 0 atom stereocenters. The van der Waals surface area contributed by atoms with Crippen molar-refractivity contribution in [3.8, 4) is 11.5 Å². The number of hydrogen-bond acceptors (Lipinski definition) is 4. The molecule has 0 saturated carbocycles. The van der Waals surface area contributed by atoms with Gasteiger partial charge in [-0.25, -0.2) is 0 Å². The second kappa shape index (κ2) is 9.46. The zero-order chi connectivity index (χ0) is 18.9. The van der Waals surface area contributed by atoms with Crippen LogP contribution in [0.25, 0.3) is 0 Å². The van der Waals surface area contributed by atoms with Crippen LogP contribution in [0.4, 0.5) is 11.4 Å². The molecule has 26 heavy (non-hydrogen) atoms. The first-order chi connectivity index (χ1) is 12.5. The lowest BCUT2D eigenvalue weighted by molar-refractivity contribution is -0.117. The third-order valence-electron chi connectivity index (χ3n) is 3.77. The van der Waals surface area contributed by atoms with Crippen LogP contribution in [0.15, 0.2) is 48.5 Å². The van der Waals surface area contributed by atoms with E-state index in [0.29, 0.717) is 23.7 Å². The van der Waals surface area contributed by atoms with Crippen LogP contribution < -0.4 is 19.7 Å². The van der Waals surface area contributed by atoms with Gasteiger partial charge in [-0.2, -0.15) is 0 Å². The molecule has 0 bridgehead atoms. The summed E-state index contributed by atoms with van der Waals surface area (Å²) in [7, 11) is 1.59. The summed E-state index contributed by atoms with van der Waals surface area (Å²) in [6, 6.07) is 14.4. The van der Waals surface area contributed by atoms with E-state index >= 15 is 0 Å². The average Bonchev–Trinajstić information content (AvgIpc) is 2.64. The Morgan fingerprint density at radius 2 is 1.77 bits per heavy atom. The van der Waals surface area contributed by atoms with Crippen LogP contribution >= 0.6 is 0 Å². The number of amides is 2. The Kier molecular flexibility index (Phi) is 7.02. The highest BCUT2D eigenvalue weighted by molar-refractivity contribution is 5.95. The van der Waals surface area contributed by atoms with Gasteiger partial charge in [-0.1, -0.05) is 12.1 Å². The Morgan fingerprint density at radius 1 is 1.08 bits per heavy atom. The van der Waals surface area contributed by atoms with Gasteiger partial charge in [-0.3, -0.25) is 9.59 Å². The van der Waals surface area contributed by atoms with Crippen LogP contribution in [0.2, 0.25) is 0 Å². The SMILES string of the molecule is CCOc1ccccc1N(CCC(=O)Nc1ccc(OC)cc1)C(C)=O. The van der Waals surface area contributed by atoms with E-state index in [1.165, 1.54) is 6.92 Å². The number of anilines is 2. The number of methoxy groups -OCH3 is 1. The minimum Gasteiger partial charge on any atom is -0.497 e. The summed E-state index contributed by atoms with van der Waals surface area (Å²) < 4.78 is 10.7. The molecule has 2 aromatic carbocycles. The summed E-state index contributed by atoms with van der Waals surface area (Å²) in [5.74, 6) is 1.03. The van der Waals surface area contributed by atoms with Crippen molar-refractivity contribution in [3.63, 3.8) is 0 Å². The maximum absolute atomic E-state index is 12.2. The summed E-state index contributed by atoms with van der Waals surface area (Å²) >= 11 is 0. The molecule has 0 spiro atoms. The summed E-state index contributed by atoms with van der Waals surface area (Å²) in [6.45, 7) is 4.13. The molecule has 2 amide bonds. The molecule has 0 fully saturated rings. The second-order valence-corrected chi connectivity index (χ2v) is 5.60. The van der Waals surface area contributed by atoms with Gasteiger partial charge in [0.25, 0.3) is 0 Å². The fourth-order valence-electron chi connectivity index (χ4n) is 2.52. The highest BCUT2D eigenvalue weighted by Gasteiger charge is 2.17. The molecule has 0 aliphatic carbocycles. The Hall–Kier alpha value is -3.02. The van der Waals surface area contributed by atoms with Crippen LogP contribution in [0.5, 0.6) is 11.5 Å². The van der Waals surface area contributed by atoms with E-state index in [1.54, 1.807) is 36.3 Å². The van der Waals surface area contributed by atoms with Crippen molar-refractivity contribution in [1.29, 1.82) is 0 Å². The van der Waals surface area contributed by atoms with Crippen LogP contribution in [0, 0.1) is 0 Å². The molecule has 2 rings (SSSR count). The maximum Gasteiger partial charge on any atom is 0.226 e. The van der Waals surface area contributed by atoms with Gasteiger partial charge in [0.1, 0.15) is 11.5 Å². The standard InChI is InChI=1S/C20H24N2O4/c1-4-26-19-8-6-5-7-18(19)22(15(2)23)14-13-20(24)21-16-9-11-17(25-3)12-10-16/h5-12H,4,13-14H2,1-3H3,(H,21,24). The molecular formula is C20H24N2O4. The van der Waals surface area contributed by atoms with Gasteiger partial charge >= 0.3 is 0 Å². The van der Waals surface area contributed by atoms with E-state index in [1.807, 2.05) is 31.2 Å². The van der Waals surface area contributed by atoms with Gasteiger partial charge in [0, 0.05) is 25.6 Å². The van der Waals surface area contributed by atoms with Gasteiger partial charge in [-0.05, 0) is 43.3 Å². The number of rotatable bonds is 8. The van der Waals surface area contributed by atoms with E-state index in [-0.39, 0.29) is 24.8 Å². The molecule has 0 heterocycles. The topological polar surface area (TPSA) is 67.9 Å². The average molecular weight is 356 g/mol. The van der Waals surface area contributed by atoms with E-state index in [4.69, 9.17) is 9.47 Å². The fourth-order valence-corrected chi connectivity index (χ4v) is 2.52. The molecule has 6 heteroatoms. The smallest absolute Gasteiger partial charge is 0.226 e. The van der Waals surface area contributed by atoms with E-state index in [2.05, 4.69) is 5.32 Å². The number of carbonyl (C=O) groups is 2. The monoisotopic (exact) mass is 356 g/mol. The Balaban J connectivity index is 2.02. The molecule has 6 nitrogen and oxygen atoms in total. The predicted molar refractivity (Wildman–Crippen MR) is 102 cm³/mol. The van der Waals surface area contributed by atoms with Gasteiger partial charge < -0.3 is 19.7 Å². The maximum atomic E-state index is 12.2. The molecule has 0 saturated heterocycles. The zero-order valence-corrected chi connectivity index (χ0v) is 15.3. The van der Waals surface area contributed by atoms with E-state index < -0.39 is 0 Å². The number of para-hydroxylation sites is 2. The predicted octanol–water partition coefficient (Wildman–Crippen LogP) is 3.48. The van der Waals surface area contributed by atoms with E-state index in [0.717, 1.165) is 5.75 Å².